The van der Waals surface area contributed by atoms with E-state index in [9.17, 15) is 4.79 Å². The van der Waals surface area contributed by atoms with Gasteiger partial charge in [0, 0.05) is 0 Å². The molecule has 2 aromatic carbocycles. The van der Waals surface area contributed by atoms with E-state index in [-0.39, 0.29) is 6.08 Å². The Balaban J connectivity index is 1.86. The summed E-state index contributed by atoms with van der Waals surface area (Å²) in [6.45, 7) is 0. The molecule has 88 valence electrons. The number of para-hydroxylation sites is 2. The van der Waals surface area contributed by atoms with E-state index < -0.39 is 5.97 Å². The van der Waals surface area contributed by atoms with E-state index in [0.717, 1.165) is 0 Å². The SMILES string of the molecule is O=C(Oc1nc2ccccc2o1)c1ccccc1. The highest BCUT2D eigenvalue weighted by molar-refractivity contribution is 5.90. The molecular formula is C14H9NO3. The summed E-state index contributed by atoms with van der Waals surface area (Å²) in [4.78, 5) is 15.8. The molecule has 0 saturated carbocycles. The van der Waals surface area contributed by atoms with Crippen LogP contribution in [0.1, 0.15) is 10.4 Å². The maximum Gasteiger partial charge on any atom is 0.402 e. The molecule has 0 aliphatic heterocycles. The number of hydrogen-bond donors (Lipinski definition) is 0. The normalized spacial score (nSPS) is 10.4. The summed E-state index contributed by atoms with van der Waals surface area (Å²) in [5.74, 6) is -0.484. The van der Waals surface area contributed by atoms with Crippen molar-refractivity contribution in [3.63, 3.8) is 0 Å². The molecule has 1 heterocycles. The first kappa shape index (κ1) is 10.5. The molecule has 0 amide bonds. The predicted octanol–water partition coefficient (Wildman–Crippen LogP) is 3.05. The third kappa shape index (κ3) is 1.96. The highest BCUT2D eigenvalue weighted by atomic mass is 16.6. The average molecular weight is 239 g/mol. The quantitative estimate of drug-likeness (QED) is 0.645. The summed E-state index contributed by atoms with van der Waals surface area (Å²) < 4.78 is 10.4. The minimum Gasteiger partial charge on any atom is -0.409 e. The van der Waals surface area contributed by atoms with Gasteiger partial charge in [0.15, 0.2) is 5.58 Å². The van der Waals surface area contributed by atoms with Crippen molar-refractivity contribution in [2.45, 2.75) is 0 Å². The molecule has 0 unspecified atom stereocenters. The summed E-state index contributed by atoms with van der Waals surface area (Å²) in [5, 5.41) is 0. The van der Waals surface area contributed by atoms with Crippen molar-refractivity contribution in [3.05, 3.63) is 60.2 Å². The van der Waals surface area contributed by atoms with Crippen molar-refractivity contribution < 1.29 is 13.9 Å². The maximum absolute atomic E-state index is 11.8. The van der Waals surface area contributed by atoms with Gasteiger partial charge in [-0.2, -0.15) is 4.98 Å². The first-order valence-corrected chi connectivity index (χ1v) is 5.46. The van der Waals surface area contributed by atoms with Crippen molar-refractivity contribution in [2.75, 3.05) is 0 Å². The molecule has 0 aliphatic rings. The van der Waals surface area contributed by atoms with E-state index in [0.29, 0.717) is 16.7 Å². The lowest BCUT2D eigenvalue weighted by Crippen LogP contribution is -2.08. The van der Waals surface area contributed by atoms with Crippen LogP contribution in [0.2, 0.25) is 0 Å². The smallest absolute Gasteiger partial charge is 0.402 e. The van der Waals surface area contributed by atoms with Gasteiger partial charge in [-0.15, -0.1) is 0 Å². The molecule has 0 saturated heterocycles. The highest BCUT2D eigenvalue weighted by Gasteiger charge is 2.12. The minimum absolute atomic E-state index is 0.0370. The van der Waals surface area contributed by atoms with Gasteiger partial charge < -0.3 is 9.15 Å². The van der Waals surface area contributed by atoms with Gasteiger partial charge in [0.2, 0.25) is 0 Å². The number of esters is 1. The number of aromatic nitrogens is 1. The van der Waals surface area contributed by atoms with E-state index >= 15 is 0 Å². The summed E-state index contributed by atoms with van der Waals surface area (Å²) >= 11 is 0. The number of rotatable bonds is 2. The number of oxazole rings is 1. The van der Waals surface area contributed by atoms with Crippen molar-refractivity contribution in [1.29, 1.82) is 0 Å². The minimum atomic E-state index is -0.484. The number of carbonyl (C=O) groups excluding carboxylic acids is 1. The Labute approximate surface area is 103 Å². The largest absolute Gasteiger partial charge is 0.409 e. The molecular weight excluding hydrogens is 230 g/mol. The Kier molecular flexibility index (Phi) is 2.53. The van der Waals surface area contributed by atoms with Crippen LogP contribution in [0.3, 0.4) is 0 Å². The number of carbonyl (C=O) groups is 1. The molecule has 0 radical (unpaired) electrons. The molecule has 0 atom stereocenters. The van der Waals surface area contributed by atoms with Crippen LogP contribution in [0.15, 0.2) is 59.0 Å². The zero-order valence-corrected chi connectivity index (χ0v) is 9.37. The lowest BCUT2D eigenvalue weighted by molar-refractivity contribution is 0.0687. The van der Waals surface area contributed by atoms with Crippen LogP contribution in [0.25, 0.3) is 11.1 Å². The zero-order chi connectivity index (χ0) is 12.4. The maximum atomic E-state index is 11.8. The lowest BCUT2D eigenvalue weighted by atomic mass is 10.2. The summed E-state index contributed by atoms with van der Waals surface area (Å²) in [6, 6.07) is 15.9. The van der Waals surface area contributed by atoms with E-state index in [1.807, 2.05) is 18.2 Å². The summed E-state index contributed by atoms with van der Waals surface area (Å²) in [6.07, 6.45) is -0.0370. The molecule has 0 spiro atoms. The molecule has 3 rings (SSSR count). The van der Waals surface area contributed by atoms with Gasteiger partial charge in [-0.25, -0.2) is 4.79 Å². The van der Waals surface area contributed by atoms with Crippen LogP contribution in [0, 0.1) is 0 Å². The Bertz CT molecular complexity index is 655. The van der Waals surface area contributed by atoms with Crippen molar-refractivity contribution in [1.82, 2.24) is 4.98 Å². The van der Waals surface area contributed by atoms with Crippen LogP contribution in [0.4, 0.5) is 0 Å². The first-order chi connectivity index (χ1) is 8.83. The summed E-state index contributed by atoms with van der Waals surface area (Å²) in [5.41, 5.74) is 1.71. The van der Waals surface area contributed by atoms with E-state index in [1.54, 1.807) is 36.4 Å². The average Bonchev–Trinajstić information content (AvgIpc) is 2.82. The molecule has 0 N–H and O–H groups in total. The fourth-order valence-corrected chi connectivity index (χ4v) is 1.61. The van der Waals surface area contributed by atoms with Gasteiger partial charge in [0.1, 0.15) is 5.52 Å². The van der Waals surface area contributed by atoms with Crippen LogP contribution in [0.5, 0.6) is 6.08 Å². The molecule has 3 aromatic rings. The van der Waals surface area contributed by atoms with Crippen molar-refractivity contribution >= 4 is 17.1 Å². The van der Waals surface area contributed by atoms with Crippen LogP contribution in [-0.4, -0.2) is 11.0 Å². The Morgan fingerprint density at radius 1 is 1.00 bits per heavy atom. The Hall–Kier alpha value is -2.62. The fraction of sp³-hybridized carbons (Fsp3) is 0. The van der Waals surface area contributed by atoms with Gasteiger partial charge in [-0.05, 0) is 24.3 Å². The Morgan fingerprint density at radius 3 is 2.50 bits per heavy atom. The van der Waals surface area contributed by atoms with E-state index in [2.05, 4.69) is 4.98 Å². The second-order valence-electron chi connectivity index (χ2n) is 3.70. The number of nitrogens with zero attached hydrogens (tertiary/aromatic N) is 1. The van der Waals surface area contributed by atoms with Gasteiger partial charge in [0.05, 0.1) is 5.56 Å². The summed E-state index contributed by atoms with van der Waals surface area (Å²) in [7, 11) is 0. The first-order valence-electron chi connectivity index (χ1n) is 5.46. The Morgan fingerprint density at radius 2 is 1.72 bits per heavy atom. The second-order valence-corrected chi connectivity index (χ2v) is 3.70. The molecule has 0 aliphatic carbocycles. The van der Waals surface area contributed by atoms with Crippen LogP contribution < -0.4 is 4.74 Å². The molecule has 4 heteroatoms. The molecule has 4 nitrogen and oxygen atoms in total. The predicted molar refractivity (Wildman–Crippen MR) is 65.4 cm³/mol. The second kappa shape index (κ2) is 4.33. The van der Waals surface area contributed by atoms with Crippen molar-refractivity contribution in [2.24, 2.45) is 0 Å². The monoisotopic (exact) mass is 239 g/mol. The fourth-order valence-electron chi connectivity index (χ4n) is 1.61. The third-order valence-corrected chi connectivity index (χ3v) is 2.46. The van der Waals surface area contributed by atoms with E-state index in [4.69, 9.17) is 9.15 Å². The highest BCUT2D eigenvalue weighted by Crippen LogP contribution is 2.20. The van der Waals surface area contributed by atoms with Crippen LogP contribution >= 0.6 is 0 Å². The molecule has 0 fully saturated rings. The number of benzene rings is 2. The molecule has 0 bridgehead atoms. The van der Waals surface area contributed by atoms with Gasteiger partial charge >= 0.3 is 12.0 Å². The topological polar surface area (TPSA) is 52.3 Å². The number of ether oxygens (including phenoxy) is 1. The third-order valence-electron chi connectivity index (χ3n) is 2.46. The van der Waals surface area contributed by atoms with Gasteiger partial charge in [0.25, 0.3) is 0 Å². The van der Waals surface area contributed by atoms with E-state index in [1.165, 1.54) is 0 Å². The molecule has 18 heavy (non-hydrogen) atoms. The number of hydrogen-bond acceptors (Lipinski definition) is 4. The lowest BCUT2D eigenvalue weighted by Gasteiger charge is -1.98. The van der Waals surface area contributed by atoms with Gasteiger partial charge in [-0.1, -0.05) is 30.3 Å². The number of fused-ring (bicyclic) bond motifs is 1. The standard InChI is InChI=1S/C14H9NO3/c16-13(10-6-2-1-3-7-10)18-14-15-11-8-4-5-9-12(11)17-14/h1-9H. The molecule has 1 aromatic heterocycles. The van der Waals surface area contributed by atoms with Crippen LogP contribution in [-0.2, 0) is 0 Å². The zero-order valence-electron chi connectivity index (χ0n) is 9.37. The van der Waals surface area contributed by atoms with Gasteiger partial charge in [-0.3, -0.25) is 0 Å². The van der Waals surface area contributed by atoms with Crippen molar-refractivity contribution in [3.8, 4) is 6.08 Å².